The normalized spacial score (nSPS) is 24.9. The minimum Gasteiger partial charge on any atom is -0.331 e. The number of carbonyl (C=O) groups excluding carboxylic acids is 2. The third-order valence-corrected chi connectivity index (χ3v) is 5.26. The van der Waals surface area contributed by atoms with Gasteiger partial charge >= 0.3 is 0 Å². The summed E-state index contributed by atoms with van der Waals surface area (Å²) >= 11 is 0. The number of rotatable bonds is 4. The Balaban J connectivity index is 1.97. The fourth-order valence-corrected chi connectivity index (χ4v) is 3.59. The summed E-state index contributed by atoms with van der Waals surface area (Å²) in [7, 11) is 6.41. The van der Waals surface area contributed by atoms with E-state index >= 15 is 0 Å². The van der Waals surface area contributed by atoms with Crippen LogP contribution < -0.4 is 0 Å². The molecule has 21 heavy (non-hydrogen) atoms. The van der Waals surface area contributed by atoms with E-state index in [1.165, 1.54) is 0 Å². The minimum atomic E-state index is -0.358. The van der Waals surface area contributed by atoms with Crippen LogP contribution in [0, 0.1) is 10.8 Å². The van der Waals surface area contributed by atoms with Crippen molar-refractivity contribution in [3.8, 4) is 0 Å². The van der Waals surface area contributed by atoms with Crippen molar-refractivity contribution in [1.29, 1.82) is 0 Å². The van der Waals surface area contributed by atoms with E-state index in [0.29, 0.717) is 18.4 Å². The largest absolute Gasteiger partial charge is 0.331 e. The molecule has 2 rings (SSSR count). The molecule has 1 aliphatic carbocycles. The van der Waals surface area contributed by atoms with Crippen molar-refractivity contribution in [3.63, 3.8) is 0 Å². The molecular weight excluding hydrogens is 264 g/mol. The standard InChI is InChI=1S/C17H31N2O2/c1-16(2)7-9-17(10-8-16)13-14(20)18(15(17)21)11-6-12-19(3,4)5/h6-13H2,1-5H3/q+1. The van der Waals surface area contributed by atoms with E-state index in [4.69, 9.17) is 0 Å². The second kappa shape index (κ2) is 5.38. The predicted octanol–water partition coefficient (Wildman–Crippen LogP) is 2.43. The van der Waals surface area contributed by atoms with Gasteiger partial charge in [-0.25, -0.2) is 0 Å². The van der Waals surface area contributed by atoms with Gasteiger partial charge in [-0.2, -0.15) is 0 Å². The lowest BCUT2D eigenvalue weighted by Crippen LogP contribution is -2.41. The van der Waals surface area contributed by atoms with Crippen molar-refractivity contribution in [2.45, 2.75) is 52.4 Å². The minimum absolute atomic E-state index is 0.0566. The summed E-state index contributed by atoms with van der Waals surface area (Å²) in [6.07, 6.45) is 5.22. The van der Waals surface area contributed by atoms with Crippen LogP contribution in [0.2, 0.25) is 0 Å². The molecule has 2 aliphatic rings. The summed E-state index contributed by atoms with van der Waals surface area (Å²) in [4.78, 5) is 26.6. The average molecular weight is 295 g/mol. The van der Waals surface area contributed by atoms with Gasteiger partial charge in [-0.05, 0) is 31.1 Å². The number of likely N-dealkylation sites (tertiary alicyclic amines) is 1. The van der Waals surface area contributed by atoms with Crippen molar-refractivity contribution in [1.82, 2.24) is 4.90 Å². The Morgan fingerprint density at radius 2 is 1.62 bits per heavy atom. The molecule has 0 bridgehead atoms. The van der Waals surface area contributed by atoms with E-state index in [2.05, 4.69) is 35.0 Å². The topological polar surface area (TPSA) is 37.4 Å². The maximum absolute atomic E-state index is 12.8. The third kappa shape index (κ3) is 3.65. The highest BCUT2D eigenvalue weighted by Crippen LogP contribution is 2.50. The summed E-state index contributed by atoms with van der Waals surface area (Å²) in [6.45, 7) is 6.11. The van der Waals surface area contributed by atoms with Gasteiger partial charge in [0, 0.05) is 19.4 Å². The highest BCUT2D eigenvalue weighted by Gasteiger charge is 2.53. The van der Waals surface area contributed by atoms with Crippen molar-refractivity contribution in [3.05, 3.63) is 0 Å². The van der Waals surface area contributed by atoms with Crippen LogP contribution >= 0.6 is 0 Å². The lowest BCUT2D eigenvalue weighted by atomic mass is 9.64. The van der Waals surface area contributed by atoms with Crippen LogP contribution in [-0.4, -0.2) is 55.4 Å². The fraction of sp³-hybridized carbons (Fsp3) is 0.882. The Hall–Kier alpha value is -0.900. The first-order valence-electron chi connectivity index (χ1n) is 8.20. The number of imide groups is 1. The monoisotopic (exact) mass is 295 g/mol. The maximum Gasteiger partial charge on any atom is 0.235 e. The summed E-state index contributed by atoms with van der Waals surface area (Å²) in [6, 6.07) is 0. The molecule has 4 heteroatoms. The molecule has 120 valence electrons. The number of nitrogens with zero attached hydrogens (tertiary/aromatic N) is 2. The van der Waals surface area contributed by atoms with E-state index in [9.17, 15) is 9.59 Å². The van der Waals surface area contributed by atoms with Gasteiger partial charge in [0.05, 0.1) is 33.1 Å². The van der Waals surface area contributed by atoms with Crippen LogP contribution in [-0.2, 0) is 9.59 Å². The van der Waals surface area contributed by atoms with Crippen molar-refractivity contribution in [2.24, 2.45) is 10.8 Å². The lowest BCUT2D eigenvalue weighted by molar-refractivity contribution is -0.870. The Morgan fingerprint density at radius 1 is 1.05 bits per heavy atom. The third-order valence-electron chi connectivity index (χ3n) is 5.26. The molecule has 1 heterocycles. The first kappa shape index (κ1) is 16.5. The number of carbonyl (C=O) groups is 2. The summed E-state index contributed by atoms with van der Waals surface area (Å²) in [5.41, 5.74) is -0.0328. The highest BCUT2D eigenvalue weighted by atomic mass is 16.2. The molecule has 0 aromatic heterocycles. The number of amides is 2. The maximum atomic E-state index is 12.8. The Kier molecular flexibility index (Phi) is 4.22. The average Bonchev–Trinajstić information content (AvgIpc) is 2.57. The summed E-state index contributed by atoms with van der Waals surface area (Å²) < 4.78 is 0.871. The first-order chi connectivity index (χ1) is 9.55. The molecular formula is C17H31N2O2+. The second-order valence-corrected chi connectivity index (χ2v) is 8.84. The highest BCUT2D eigenvalue weighted by molar-refractivity contribution is 6.05. The second-order valence-electron chi connectivity index (χ2n) is 8.84. The molecule has 2 fully saturated rings. The zero-order valence-corrected chi connectivity index (χ0v) is 14.4. The van der Waals surface area contributed by atoms with Gasteiger partial charge in [0.1, 0.15) is 0 Å². The fourth-order valence-electron chi connectivity index (χ4n) is 3.59. The molecule has 2 amide bonds. The summed E-state index contributed by atoms with van der Waals surface area (Å²) in [5, 5.41) is 0. The zero-order valence-electron chi connectivity index (χ0n) is 14.4. The molecule has 0 aromatic carbocycles. The first-order valence-corrected chi connectivity index (χ1v) is 8.20. The van der Waals surface area contributed by atoms with E-state index in [0.717, 1.165) is 43.1 Å². The van der Waals surface area contributed by atoms with E-state index in [-0.39, 0.29) is 17.2 Å². The number of hydrogen-bond donors (Lipinski definition) is 0. The summed E-state index contributed by atoms with van der Waals surface area (Å²) in [5.74, 6) is 0.172. The van der Waals surface area contributed by atoms with E-state index < -0.39 is 0 Å². The molecule has 1 saturated heterocycles. The Bertz CT molecular complexity index is 425. The molecule has 0 atom stereocenters. The molecule has 1 saturated carbocycles. The van der Waals surface area contributed by atoms with Crippen LogP contribution in [0.4, 0.5) is 0 Å². The van der Waals surface area contributed by atoms with Crippen molar-refractivity contribution >= 4 is 11.8 Å². The Labute approximate surface area is 129 Å². The lowest BCUT2D eigenvalue weighted by Gasteiger charge is -2.39. The predicted molar refractivity (Wildman–Crippen MR) is 83.5 cm³/mol. The van der Waals surface area contributed by atoms with Crippen LogP contribution in [0.1, 0.15) is 52.4 Å². The number of quaternary nitrogens is 1. The molecule has 0 N–H and O–H groups in total. The smallest absolute Gasteiger partial charge is 0.235 e. The zero-order chi connectivity index (χ0) is 15.9. The molecule has 0 aromatic rings. The number of hydrogen-bond acceptors (Lipinski definition) is 2. The SMILES string of the molecule is CC1(C)CCC2(CC1)CC(=O)N(CCC[N+](C)(C)C)C2=O. The van der Waals surface area contributed by atoms with Crippen molar-refractivity contribution < 1.29 is 14.1 Å². The molecule has 0 unspecified atom stereocenters. The quantitative estimate of drug-likeness (QED) is 0.590. The van der Waals surface area contributed by atoms with Gasteiger partial charge in [-0.1, -0.05) is 13.8 Å². The van der Waals surface area contributed by atoms with Crippen molar-refractivity contribution in [2.75, 3.05) is 34.2 Å². The van der Waals surface area contributed by atoms with E-state index in [1.54, 1.807) is 4.90 Å². The van der Waals surface area contributed by atoms with Gasteiger partial charge in [-0.3, -0.25) is 14.5 Å². The van der Waals surface area contributed by atoms with Crippen LogP contribution in [0.25, 0.3) is 0 Å². The molecule has 1 spiro atoms. The molecule has 1 aliphatic heterocycles. The van der Waals surface area contributed by atoms with E-state index in [1.807, 2.05) is 0 Å². The van der Waals surface area contributed by atoms with Gasteiger partial charge in [-0.15, -0.1) is 0 Å². The van der Waals surface area contributed by atoms with Gasteiger partial charge < -0.3 is 4.48 Å². The molecule has 0 radical (unpaired) electrons. The van der Waals surface area contributed by atoms with Crippen LogP contribution in [0.3, 0.4) is 0 Å². The van der Waals surface area contributed by atoms with Crippen LogP contribution in [0.15, 0.2) is 0 Å². The van der Waals surface area contributed by atoms with Gasteiger partial charge in [0.25, 0.3) is 0 Å². The van der Waals surface area contributed by atoms with Crippen LogP contribution in [0.5, 0.6) is 0 Å². The molecule has 4 nitrogen and oxygen atoms in total. The Morgan fingerprint density at radius 3 is 2.14 bits per heavy atom. The van der Waals surface area contributed by atoms with Gasteiger partial charge in [0.2, 0.25) is 11.8 Å². The van der Waals surface area contributed by atoms with Gasteiger partial charge in [0.15, 0.2) is 0 Å².